The molecule has 8 nitrogen and oxygen atoms in total. The Labute approximate surface area is 198 Å². The van der Waals surface area contributed by atoms with Crippen molar-refractivity contribution in [2.24, 2.45) is 5.16 Å². The van der Waals surface area contributed by atoms with E-state index in [1.54, 1.807) is 13.4 Å². The van der Waals surface area contributed by atoms with Gasteiger partial charge in [-0.1, -0.05) is 17.3 Å². The maximum absolute atomic E-state index is 5.58. The van der Waals surface area contributed by atoms with Crippen LogP contribution in [-0.2, 0) is 9.57 Å². The topological polar surface area (TPSA) is 81.3 Å². The Balaban J connectivity index is 1.29. The van der Waals surface area contributed by atoms with E-state index in [1.165, 1.54) is 0 Å². The van der Waals surface area contributed by atoms with Crippen LogP contribution in [0.4, 0.5) is 11.4 Å². The number of ether oxygens (including phenoxy) is 2. The van der Waals surface area contributed by atoms with Crippen molar-refractivity contribution in [1.82, 2.24) is 9.88 Å². The molecule has 2 aromatic carbocycles. The van der Waals surface area contributed by atoms with Crippen molar-refractivity contribution in [2.75, 3.05) is 51.9 Å². The molecule has 0 saturated carbocycles. The van der Waals surface area contributed by atoms with E-state index in [1.807, 2.05) is 55.5 Å². The van der Waals surface area contributed by atoms with E-state index in [0.717, 1.165) is 77.5 Å². The number of nitrogens with zero attached hydrogens (tertiary/aromatic N) is 3. The largest absolute Gasteiger partial charge is 0.497 e. The van der Waals surface area contributed by atoms with Crippen LogP contribution in [0, 0.1) is 0 Å². The van der Waals surface area contributed by atoms with Gasteiger partial charge in [0.15, 0.2) is 0 Å². The Morgan fingerprint density at radius 1 is 1.09 bits per heavy atom. The van der Waals surface area contributed by atoms with Gasteiger partial charge < -0.3 is 24.0 Å². The molecular formula is C26H28N4O4. The molecule has 1 fully saturated rings. The summed E-state index contributed by atoms with van der Waals surface area (Å²) >= 11 is 0. The third kappa shape index (κ3) is 4.83. The first-order valence-electron chi connectivity index (χ1n) is 11.4. The molecule has 2 aromatic heterocycles. The number of oxime groups is 1. The number of methoxy groups -OCH3 is 1. The maximum atomic E-state index is 5.58. The lowest BCUT2D eigenvalue weighted by Gasteiger charge is -2.25. The van der Waals surface area contributed by atoms with Gasteiger partial charge in [-0.25, -0.2) is 4.98 Å². The summed E-state index contributed by atoms with van der Waals surface area (Å²) in [4.78, 5) is 12.5. The van der Waals surface area contributed by atoms with Crippen LogP contribution in [0.3, 0.4) is 0 Å². The summed E-state index contributed by atoms with van der Waals surface area (Å²) in [6, 6.07) is 15.9. The van der Waals surface area contributed by atoms with E-state index in [2.05, 4.69) is 20.4 Å². The molecule has 1 saturated heterocycles. The fourth-order valence-electron chi connectivity index (χ4n) is 4.04. The molecule has 4 aromatic rings. The first-order valence-corrected chi connectivity index (χ1v) is 11.4. The van der Waals surface area contributed by atoms with Crippen molar-refractivity contribution >= 4 is 39.1 Å². The minimum Gasteiger partial charge on any atom is -0.497 e. The van der Waals surface area contributed by atoms with Crippen molar-refractivity contribution in [1.29, 1.82) is 0 Å². The number of fused-ring (bicyclic) bond motifs is 2. The smallest absolute Gasteiger partial charge is 0.228 e. The van der Waals surface area contributed by atoms with Crippen molar-refractivity contribution in [3.63, 3.8) is 0 Å². The van der Waals surface area contributed by atoms with Crippen LogP contribution in [0.5, 0.6) is 5.75 Å². The summed E-state index contributed by atoms with van der Waals surface area (Å²) < 4.78 is 16.3. The number of hydrogen-bond acceptors (Lipinski definition) is 8. The molecule has 5 rings (SSSR count). The normalized spacial score (nSPS) is 15.1. The fraction of sp³-hybridized carbons (Fsp3) is 0.308. The Bertz CT molecular complexity index is 1290. The first kappa shape index (κ1) is 22.2. The SMILES string of the molecule is COc1ccc2c(Nc3ccc(/C(C)=N/OCCN4CCOCC4)cc3)c3ccoc3nc2c1. The third-order valence-corrected chi connectivity index (χ3v) is 5.99. The van der Waals surface area contributed by atoms with Crippen molar-refractivity contribution in [2.45, 2.75) is 6.92 Å². The molecule has 0 atom stereocenters. The summed E-state index contributed by atoms with van der Waals surface area (Å²) in [7, 11) is 1.65. The number of morpholine rings is 1. The predicted octanol–water partition coefficient (Wildman–Crippen LogP) is 4.81. The lowest BCUT2D eigenvalue weighted by molar-refractivity contribution is 0.0212. The molecule has 1 aliphatic heterocycles. The number of nitrogens with one attached hydrogen (secondary N) is 1. The van der Waals surface area contributed by atoms with Crippen LogP contribution in [-0.4, -0.2) is 62.2 Å². The monoisotopic (exact) mass is 460 g/mol. The summed E-state index contributed by atoms with van der Waals surface area (Å²) in [6.45, 7) is 6.86. The zero-order chi connectivity index (χ0) is 23.3. The van der Waals surface area contributed by atoms with Crippen molar-refractivity contribution < 1.29 is 18.7 Å². The fourth-order valence-corrected chi connectivity index (χ4v) is 4.04. The molecule has 0 bridgehead atoms. The summed E-state index contributed by atoms with van der Waals surface area (Å²) in [6.07, 6.45) is 1.65. The Morgan fingerprint density at radius 3 is 2.71 bits per heavy atom. The van der Waals surface area contributed by atoms with Crippen LogP contribution in [0.1, 0.15) is 12.5 Å². The Morgan fingerprint density at radius 2 is 1.91 bits per heavy atom. The molecule has 0 radical (unpaired) electrons. The van der Waals surface area contributed by atoms with Crippen molar-refractivity contribution in [3.8, 4) is 5.75 Å². The number of pyridine rings is 1. The highest BCUT2D eigenvalue weighted by Gasteiger charge is 2.13. The van der Waals surface area contributed by atoms with Gasteiger partial charge in [0.2, 0.25) is 5.71 Å². The molecule has 0 amide bonds. The van der Waals surface area contributed by atoms with E-state index < -0.39 is 0 Å². The lowest BCUT2D eigenvalue weighted by Crippen LogP contribution is -2.38. The number of rotatable bonds is 8. The lowest BCUT2D eigenvalue weighted by atomic mass is 10.1. The number of furan rings is 1. The average Bonchev–Trinajstić information content (AvgIpc) is 3.35. The van der Waals surface area contributed by atoms with Crippen molar-refractivity contribution in [3.05, 3.63) is 60.4 Å². The summed E-state index contributed by atoms with van der Waals surface area (Å²) in [5.74, 6) is 0.753. The number of hydrogen-bond donors (Lipinski definition) is 1. The molecule has 34 heavy (non-hydrogen) atoms. The Kier molecular flexibility index (Phi) is 6.60. The second kappa shape index (κ2) is 10.1. The highest BCUT2D eigenvalue weighted by atomic mass is 16.6. The van der Waals surface area contributed by atoms with Gasteiger partial charge in [0.25, 0.3) is 0 Å². The molecule has 176 valence electrons. The van der Waals surface area contributed by atoms with Gasteiger partial charge in [-0.2, -0.15) is 0 Å². The van der Waals surface area contributed by atoms with Gasteiger partial charge in [-0.3, -0.25) is 4.90 Å². The predicted molar refractivity (Wildman–Crippen MR) is 133 cm³/mol. The Hall–Kier alpha value is -3.62. The van der Waals surface area contributed by atoms with Crippen LogP contribution in [0.2, 0.25) is 0 Å². The summed E-state index contributed by atoms with van der Waals surface area (Å²) in [5, 5.41) is 9.75. The van der Waals surface area contributed by atoms with Crippen LogP contribution < -0.4 is 10.1 Å². The molecule has 8 heteroatoms. The maximum Gasteiger partial charge on any atom is 0.228 e. The first-order chi connectivity index (χ1) is 16.7. The van der Waals surface area contributed by atoms with Gasteiger partial charge in [-0.15, -0.1) is 0 Å². The van der Waals surface area contributed by atoms with E-state index in [4.69, 9.17) is 18.7 Å². The molecular weight excluding hydrogens is 432 g/mol. The van der Waals surface area contributed by atoms with Crippen LogP contribution in [0.25, 0.3) is 22.0 Å². The highest BCUT2D eigenvalue weighted by Crippen LogP contribution is 2.35. The van der Waals surface area contributed by atoms with Crippen LogP contribution in [0.15, 0.2) is 64.4 Å². The minimum atomic E-state index is 0.567. The van der Waals surface area contributed by atoms with E-state index in [9.17, 15) is 0 Å². The highest BCUT2D eigenvalue weighted by molar-refractivity contribution is 6.07. The number of aromatic nitrogens is 1. The second-order valence-electron chi connectivity index (χ2n) is 8.18. The number of anilines is 2. The van der Waals surface area contributed by atoms with Gasteiger partial charge >= 0.3 is 0 Å². The molecule has 1 aliphatic rings. The molecule has 0 unspecified atom stereocenters. The summed E-state index contributed by atoms with van der Waals surface area (Å²) in [5.41, 5.74) is 5.13. The minimum absolute atomic E-state index is 0.567. The zero-order valence-electron chi connectivity index (χ0n) is 19.4. The second-order valence-corrected chi connectivity index (χ2v) is 8.18. The number of benzene rings is 2. The molecule has 1 N–H and O–H groups in total. The average molecular weight is 461 g/mol. The standard InChI is InChI=1S/C26H28N4O4/c1-18(29-34-16-12-30-10-14-32-15-11-30)19-3-5-20(6-4-19)27-25-22-8-7-21(31-2)17-24(22)28-26-23(25)9-13-33-26/h3-9,13,17H,10-12,14-16H2,1-2H3,(H,27,28)/b29-18+. The van der Waals surface area contributed by atoms with E-state index in [-0.39, 0.29) is 0 Å². The molecule has 0 spiro atoms. The quantitative estimate of drug-likeness (QED) is 0.230. The van der Waals surface area contributed by atoms with Gasteiger partial charge in [0, 0.05) is 36.8 Å². The molecule has 3 heterocycles. The van der Waals surface area contributed by atoms with Gasteiger partial charge in [0.1, 0.15) is 12.4 Å². The zero-order valence-corrected chi connectivity index (χ0v) is 19.4. The van der Waals surface area contributed by atoms with Crippen LogP contribution >= 0.6 is 0 Å². The van der Waals surface area contributed by atoms with Gasteiger partial charge in [0.05, 0.1) is 48.9 Å². The van der Waals surface area contributed by atoms with E-state index >= 15 is 0 Å². The van der Waals surface area contributed by atoms with Gasteiger partial charge in [-0.05, 0) is 42.8 Å². The molecule has 0 aliphatic carbocycles. The van der Waals surface area contributed by atoms with E-state index in [0.29, 0.717) is 12.3 Å². The third-order valence-electron chi connectivity index (χ3n) is 5.99.